The van der Waals surface area contributed by atoms with Crippen LogP contribution >= 0.6 is 0 Å². The lowest BCUT2D eigenvalue weighted by Gasteiger charge is -2.15. The average Bonchev–Trinajstić information content (AvgIpc) is 2.83. The number of carboxylic acids is 1. The summed E-state index contributed by atoms with van der Waals surface area (Å²) in [5, 5.41) is 11.7. The molecule has 1 aromatic carbocycles. The third kappa shape index (κ3) is 3.50. The second-order valence-electron chi connectivity index (χ2n) is 4.97. The van der Waals surface area contributed by atoms with Crippen LogP contribution in [0.2, 0.25) is 0 Å². The lowest BCUT2D eigenvalue weighted by Crippen LogP contribution is -2.34. The quantitative estimate of drug-likeness (QED) is 0.883. The number of carbonyl (C=O) groups excluding carboxylic acids is 1. The van der Waals surface area contributed by atoms with Crippen molar-refractivity contribution in [3.05, 3.63) is 52.7 Å². The van der Waals surface area contributed by atoms with Crippen LogP contribution in [0.3, 0.4) is 0 Å². The fraction of sp³-hybridized carbons (Fsp3) is 0.250. The zero-order chi connectivity index (χ0) is 17.1. The van der Waals surface area contributed by atoms with E-state index in [0.29, 0.717) is 11.5 Å². The number of carbonyl (C=O) groups is 2. The van der Waals surface area contributed by atoms with Crippen molar-refractivity contribution >= 4 is 11.9 Å². The Balaban J connectivity index is 2.29. The molecule has 6 nitrogen and oxygen atoms in total. The van der Waals surface area contributed by atoms with E-state index in [1.54, 1.807) is 13.8 Å². The van der Waals surface area contributed by atoms with Crippen LogP contribution in [0.25, 0.3) is 0 Å². The zero-order valence-corrected chi connectivity index (χ0v) is 12.8. The first-order chi connectivity index (χ1) is 10.8. The number of benzene rings is 1. The number of rotatable bonds is 5. The SMILES string of the molecule is COc1ccc(C(NC(=O)c2cc(C)oc2C)C(=O)O)cc1F. The monoisotopic (exact) mass is 321 g/mol. The standard InChI is InChI=1S/C16H16FNO5/c1-8-6-11(9(2)23-8)15(19)18-14(16(20)21)10-4-5-13(22-3)12(17)7-10/h4-7,14H,1-3H3,(H,18,19)(H,20,21). The average molecular weight is 321 g/mol. The Labute approximate surface area is 131 Å². The van der Waals surface area contributed by atoms with E-state index >= 15 is 0 Å². The molecule has 0 bridgehead atoms. The van der Waals surface area contributed by atoms with Gasteiger partial charge in [0.2, 0.25) is 0 Å². The van der Waals surface area contributed by atoms with E-state index in [9.17, 15) is 19.1 Å². The van der Waals surface area contributed by atoms with Crippen LogP contribution in [0.15, 0.2) is 28.7 Å². The van der Waals surface area contributed by atoms with Crippen LogP contribution in [-0.2, 0) is 4.79 Å². The minimum Gasteiger partial charge on any atom is -0.494 e. The van der Waals surface area contributed by atoms with E-state index in [1.807, 2.05) is 0 Å². The maximum Gasteiger partial charge on any atom is 0.330 e. The molecule has 122 valence electrons. The number of aliphatic carboxylic acids is 1. The second kappa shape index (κ2) is 6.51. The van der Waals surface area contributed by atoms with Gasteiger partial charge in [-0.2, -0.15) is 0 Å². The molecule has 0 saturated carbocycles. The predicted octanol–water partition coefficient (Wildman–Crippen LogP) is 2.60. The van der Waals surface area contributed by atoms with Gasteiger partial charge in [-0.05, 0) is 37.6 Å². The molecule has 0 radical (unpaired) electrons. The molecule has 0 fully saturated rings. The van der Waals surface area contributed by atoms with Gasteiger partial charge < -0.3 is 19.6 Å². The molecule has 1 atom stereocenters. The number of carboxylic acid groups (broad SMARTS) is 1. The third-order valence-corrected chi connectivity index (χ3v) is 3.32. The smallest absolute Gasteiger partial charge is 0.330 e. The molecule has 0 spiro atoms. The largest absolute Gasteiger partial charge is 0.494 e. The van der Waals surface area contributed by atoms with Gasteiger partial charge in [-0.15, -0.1) is 0 Å². The van der Waals surface area contributed by atoms with Crippen molar-refractivity contribution in [1.29, 1.82) is 0 Å². The third-order valence-electron chi connectivity index (χ3n) is 3.32. The van der Waals surface area contributed by atoms with Crippen LogP contribution in [0, 0.1) is 19.7 Å². The van der Waals surface area contributed by atoms with Crippen LogP contribution < -0.4 is 10.1 Å². The summed E-state index contributed by atoms with van der Waals surface area (Å²) >= 11 is 0. The van der Waals surface area contributed by atoms with Gasteiger partial charge in [-0.25, -0.2) is 9.18 Å². The first-order valence-electron chi connectivity index (χ1n) is 6.77. The van der Waals surface area contributed by atoms with Gasteiger partial charge in [0.25, 0.3) is 5.91 Å². The molecule has 23 heavy (non-hydrogen) atoms. The summed E-state index contributed by atoms with van der Waals surface area (Å²) in [6.07, 6.45) is 0. The first-order valence-corrected chi connectivity index (χ1v) is 6.77. The molecule has 0 saturated heterocycles. The summed E-state index contributed by atoms with van der Waals surface area (Å²) in [5.41, 5.74) is 0.338. The molecule has 1 unspecified atom stereocenters. The summed E-state index contributed by atoms with van der Waals surface area (Å²) in [6.45, 7) is 3.28. The van der Waals surface area contributed by atoms with E-state index in [2.05, 4.69) is 5.32 Å². The van der Waals surface area contributed by atoms with E-state index in [4.69, 9.17) is 9.15 Å². The van der Waals surface area contributed by atoms with Gasteiger partial charge in [0.05, 0.1) is 12.7 Å². The molecule has 2 aromatic rings. The van der Waals surface area contributed by atoms with Gasteiger partial charge in [0.15, 0.2) is 17.6 Å². The van der Waals surface area contributed by atoms with Crippen molar-refractivity contribution in [2.75, 3.05) is 7.11 Å². The van der Waals surface area contributed by atoms with Crippen molar-refractivity contribution in [2.45, 2.75) is 19.9 Å². The Morgan fingerprint density at radius 1 is 1.30 bits per heavy atom. The van der Waals surface area contributed by atoms with Crippen molar-refractivity contribution in [3.8, 4) is 5.75 Å². The normalized spacial score (nSPS) is 11.8. The summed E-state index contributed by atoms with van der Waals surface area (Å²) in [7, 11) is 1.30. The van der Waals surface area contributed by atoms with Gasteiger partial charge in [0.1, 0.15) is 11.5 Å². The number of hydrogen-bond acceptors (Lipinski definition) is 4. The van der Waals surface area contributed by atoms with E-state index in [-0.39, 0.29) is 16.9 Å². The molecule has 1 heterocycles. The van der Waals surface area contributed by atoms with Gasteiger partial charge in [-0.1, -0.05) is 6.07 Å². The van der Waals surface area contributed by atoms with Crippen molar-refractivity contribution < 1.29 is 28.2 Å². The van der Waals surface area contributed by atoms with E-state index in [0.717, 1.165) is 6.07 Å². The Bertz CT molecular complexity index is 753. The minimum absolute atomic E-state index is 0.00878. The van der Waals surface area contributed by atoms with Crippen molar-refractivity contribution in [3.63, 3.8) is 0 Å². The lowest BCUT2D eigenvalue weighted by molar-refractivity contribution is -0.139. The lowest BCUT2D eigenvalue weighted by atomic mass is 10.1. The number of hydrogen-bond donors (Lipinski definition) is 2. The number of ether oxygens (including phenoxy) is 1. The van der Waals surface area contributed by atoms with Crippen LogP contribution in [0.4, 0.5) is 4.39 Å². The van der Waals surface area contributed by atoms with E-state index in [1.165, 1.54) is 25.3 Å². The Hall–Kier alpha value is -2.83. The number of halogens is 1. The molecule has 2 N–H and O–H groups in total. The highest BCUT2D eigenvalue weighted by Crippen LogP contribution is 2.23. The number of aryl methyl sites for hydroxylation is 2. The predicted molar refractivity (Wildman–Crippen MR) is 79.0 cm³/mol. The van der Waals surface area contributed by atoms with Crippen molar-refractivity contribution in [2.24, 2.45) is 0 Å². The minimum atomic E-state index is -1.39. The number of nitrogens with one attached hydrogen (secondary N) is 1. The number of amides is 1. The van der Waals surface area contributed by atoms with Crippen LogP contribution in [0.5, 0.6) is 5.75 Å². The molecular formula is C16H16FNO5. The fourth-order valence-electron chi connectivity index (χ4n) is 2.21. The fourth-order valence-corrected chi connectivity index (χ4v) is 2.21. The number of furan rings is 1. The Kier molecular flexibility index (Phi) is 4.68. The molecule has 1 aromatic heterocycles. The topological polar surface area (TPSA) is 88.8 Å². The van der Waals surface area contributed by atoms with E-state index < -0.39 is 23.7 Å². The molecule has 7 heteroatoms. The van der Waals surface area contributed by atoms with Gasteiger partial charge in [0, 0.05) is 0 Å². The van der Waals surface area contributed by atoms with Crippen LogP contribution in [-0.4, -0.2) is 24.1 Å². The first kappa shape index (κ1) is 16.5. The maximum absolute atomic E-state index is 13.8. The summed E-state index contributed by atoms with van der Waals surface area (Å²) < 4.78 is 23.8. The number of methoxy groups -OCH3 is 1. The highest BCUT2D eigenvalue weighted by Gasteiger charge is 2.25. The molecule has 0 aliphatic carbocycles. The maximum atomic E-state index is 13.8. The summed E-state index contributed by atoms with van der Waals surface area (Å²) in [6, 6.07) is 3.83. The van der Waals surface area contributed by atoms with Gasteiger partial charge >= 0.3 is 5.97 Å². The highest BCUT2D eigenvalue weighted by molar-refractivity contribution is 5.97. The highest BCUT2D eigenvalue weighted by atomic mass is 19.1. The molecule has 0 aliphatic rings. The Morgan fingerprint density at radius 3 is 2.48 bits per heavy atom. The molecule has 2 rings (SSSR count). The summed E-state index contributed by atoms with van der Waals surface area (Å²) in [4.78, 5) is 23.7. The molecule has 1 amide bonds. The second-order valence-corrected chi connectivity index (χ2v) is 4.97. The van der Waals surface area contributed by atoms with Crippen LogP contribution in [0.1, 0.15) is 33.5 Å². The summed E-state index contributed by atoms with van der Waals surface area (Å²) in [5.74, 6) is -1.71. The Morgan fingerprint density at radius 2 is 2.00 bits per heavy atom. The van der Waals surface area contributed by atoms with Crippen molar-refractivity contribution in [1.82, 2.24) is 5.32 Å². The zero-order valence-electron chi connectivity index (χ0n) is 12.8. The molecular weight excluding hydrogens is 305 g/mol. The van der Waals surface area contributed by atoms with Gasteiger partial charge in [-0.3, -0.25) is 4.79 Å². The molecule has 0 aliphatic heterocycles.